The molecule has 0 amide bonds. The Kier molecular flexibility index (Phi) is 14.2. The monoisotopic (exact) mass is 915 g/mol. The van der Waals surface area contributed by atoms with Crippen LogP contribution >= 0.6 is 0 Å². The van der Waals surface area contributed by atoms with Crippen LogP contribution < -0.4 is 21.3 Å². The first-order valence-corrected chi connectivity index (χ1v) is 24.4. The second-order valence-electron chi connectivity index (χ2n) is 25.6. The Morgan fingerprint density at radius 2 is 0.561 bits per heavy atom. The molecule has 0 radical (unpaired) electrons. The normalized spacial score (nSPS) is 24.4. The first kappa shape index (κ1) is 51.5. The zero-order valence-electron chi connectivity index (χ0n) is 43.1. The molecule has 0 unspecified atom stereocenters. The molecule has 0 aromatic heterocycles. The Hall–Kier alpha value is -3.84. The maximum atomic E-state index is 14.3. The number of ether oxygens (including phenoxy) is 4. The second kappa shape index (κ2) is 18.2. The summed E-state index contributed by atoms with van der Waals surface area (Å²) in [5.74, 6) is -2.24. The fourth-order valence-electron chi connectivity index (χ4n) is 12.6. The van der Waals surface area contributed by atoms with Gasteiger partial charge < -0.3 is 40.2 Å². The summed E-state index contributed by atoms with van der Waals surface area (Å²) in [4.78, 5) is 56.8. The fraction of sp³-hybridized carbons (Fsp3) is 0.704. The Morgan fingerprint density at radius 1 is 0.364 bits per heavy atom. The summed E-state index contributed by atoms with van der Waals surface area (Å²) in [6.07, 6.45) is 4.54. The molecule has 66 heavy (non-hydrogen) atoms. The number of hydrogen-bond acceptors (Lipinski definition) is 12. The van der Waals surface area contributed by atoms with E-state index in [9.17, 15) is 19.2 Å². The number of carbonyl (C=O) groups excluding carboxylic acids is 4. The highest BCUT2D eigenvalue weighted by atomic mass is 16.6. The number of hydrogen-bond donors (Lipinski definition) is 4. The van der Waals surface area contributed by atoms with Gasteiger partial charge in [0.25, 0.3) is 0 Å². The number of rotatable bonds is 11. The van der Waals surface area contributed by atoms with E-state index in [1.165, 1.54) is 0 Å². The molecule has 4 heterocycles. The quantitative estimate of drug-likeness (QED) is 0.126. The summed E-state index contributed by atoms with van der Waals surface area (Å²) < 4.78 is 24.9. The highest BCUT2D eigenvalue weighted by Crippen LogP contribution is 2.36. The molecule has 4 aliphatic rings. The molecular formula is C54H82N4O8. The molecule has 4 aliphatic heterocycles. The SMILES string of the molecule is CC1(C)CC(OC(=O)c2ccc(CCc3ccc(C(=O)OC4CC(C)(C)NC(C)(C)C4)c(C(=O)OC4CC(C)(C)NC(C)(C)C4)c3)cc2C(=O)OC2CC(C)(C)NC(C)(C)C2)CC(C)(C)N1. The van der Waals surface area contributed by atoms with Gasteiger partial charge in [0, 0.05) is 95.7 Å². The van der Waals surface area contributed by atoms with E-state index < -0.39 is 23.9 Å². The first-order chi connectivity index (χ1) is 30.1. The third-order valence-electron chi connectivity index (χ3n) is 13.5. The van der Waals surface area contributed by atoms with Crippen LogP contribution in [0.3, 0.4) is 0 Å². The number of nitrogens with one attached hydrogen (secondary N) is 4. The fourth-order valence-corrected chi connectivity index (χ4v) is 12.6. The maximum Gasteiger partial charge on any atom is 0.339 e. The predicted octanol–water partition coefficient (Wildman–Crippen LogP) is 9.34. The number of aryl methyl sites for hydroxylation is 2. The Balaban J connectivity index is 1.28. The van der Waals surface area contributed by atoms with E-state index in [0.717, 1.165) is 11.1 Å². The molecule has 12 heteroatoms. The molecule has 6 rings (SSSR count). The van der Waals surface area contributed by atoms with Crippen LogP contribution in [0.1, 0.15) is 215 Å². The summed E-state index contributed by atoms with van der Waals surface area (Å²) >= 11 is 0. The van der Waals surface area contributed by atoms with Gasteiger partial charge in [-0.05, 0) is 159 Å². The van der Waals surface area contributed by atoms with Gasteiger partial charge in [0.1, 0.15) is 24.4 Å². The molecule has 2 aromatic carbocycles. The molecule has 2 aromatic rings. The van der Waals surface area contributed by atoms with Gasteiger partial charge in [-0.15, -0.1) is 0 Å². The lowest BCUT2D eigenvalue weighted by atomic mass is 9.81. The molecule has 0 atom stereocenters. The van der Waals surface area contributed by atoms with E-state index in [1.54, 1.807) is 24.3 Å². The lowest BCUT2D eigenvalue weighted by Crippen LogP contribution is -2.59. The molecule has 0 aliphatic carbocycles. The average Bonchev–Trinajstić information content (AvgIpc) is 3.08. The van der Waals surface area contributed by atoms with Crippen molar-refractivity contribution in [2.24, 2.45) is 0 Å². The van der Waals surface area contributed by atoms with Crippen LogP contribution in [0, 0.1) is 0 Å². The Bertz CT molecular complexity index is 1950. The van der Waals surface area contributed by atoms with Crippen molar-refractivity contribution in [3.05, 3.63) is 69.8 Å². The first-order valence-electron chi connectivity index (χ1n) is 24.4. The van der Waals surface area contributed by atoms with Gasteiger partial charge >= 0.3 is 23.9 Å². The van der Waals surface area contributed by atoms with Crippen LogP contribution in [0.4, 0.5) is 0 Å². The van der Waals surface area contributed by atoms with Crippen LogP contribution in [-0.2, 0) is 31.8 Å². The van der Waals surface area contributed by atoms with Gasteiger partial charge in [-0.25, -0.2) is 19.2 Å². The van der Waals surface area contributed by atoms with Crippen LogP contribution in [0.25, 0.3) is 0 Å². The molecule has 12 nitrogen and oxygen atoms in total. The molecular weight excluding hydrogens is 833 g/mol. The molecule has 0 bridgehead atoms. The Morgan fingerprint density at radius 3 is 0.773 bits per heavy atom. The topological polar surface area (TPSA) is 153 Å². The molecule has 0 saturated carbocycles. The van der Waals surface area contributed by atoms with E-state index in [1.807, 2.05) is 12.1 Å². The highest BCUT2D eigenvalue weighted by molar-refractivity contribution is 6.04. The molecule has 4 fully saturated rings. The van der Waals surface area contributed by atoms with Crippen molar-refractivity contribution in [3.8, 4) is 0 Å². The third-order valence-corrected chi connectivity index (χ3v) is 13.5. The zero-order valence-corrected chi connectivity index (χ0v) is 43.1. The number of esters is 4. The molecule has 4 N–H and O–H groups in total. The van der Waals surface area contributed by atoms with Crippen molar-refractivity contribution in [3.63, 3.8) is 0 Å². The minimum Gasteiger partial charge on any atom is -0.459 e. The minimum absolute atomic E-state index is 0.165. The van der Waals surface area contributed by atoms with Crippen molar-refractivity contribution in [1.29, 1.82) is 0 Å². The van der Waals surface area contributed by atoms with Crippen molar-refractivity contribution in [2.45, 2.75) is 244 Å². The third kappa shape index (κ3) is 13.9. The zero-order chi connectivity index (χ0) is 49.1. The van der Waals surface area contributed by atoms with E-state index in [2.05, 4.69) is 132 Å². The van der Waals surface area contributed by atoms with Gasteiger partial charge in [0.15, 0.2) is 0 Å². The maximum absolute atomic E-state index is 14.3. The lowest BCUT2D eigenvalue weighted by Gasteiger charge is -2.46. The number of piperidine rings is 4. The van der Waals surface area contributed by atoms with E-state index in [0.29, 0.717) is 64.2 Å². The van der Waals surface area contributed by atoms with Gasteiger partial charge in [-0.2, -0.15) is 0 Å². The van der Waals surface area contributed by atoms with Gasteiger partial charge in [-0.1, -0.05) is 12.1 Å². The molecule has 366 valence electrons. The van der Waals surface area contributed by atoms with Crippen LogP contribution in [0.15, 0.2) is 36.4 Å². The average molecular weight is 915 g/mol. The van der Waals surface area contributed by atoms with Crippen LogP contribution in [0.5, 0.6) is 0 Å². The van der Waals surface area contributed by atoms with Gasteiger partial charge in [0.05, 0.1) is 22.3 Å². The Labute approximate surface area is 395 Å². The van der Waals surface area contributed by atoms with Gasteiger partial charge in [-0.3, -0.25) is 0 Å². The van der Waals surface area contributed by atoms with Crippen LogP contribution in [-0.4, -0.2) is 92.6 Å². The number of benzene rings is 2. The summed E-state index contributed by atoms with van der Waals surface area (Å²) in [5.41, 5.74) is 0.255. The largest absolute Gasteiger partial charge is 0.459 e. The summed E-state index contributed by atoms with van der Waals surface area (Å²) in [5, 5.41) is 14.6. The lowest BCUT2D eigenvalue weighted by molar-refractivity contribution is -0.0107. The van der Waals surface area contributed by atoms with Gasteiger partial charge in [0.2, 0.25) is 0 Å². The van der Waals surface area contributed by atoms with E-state index >= 15 is 0 Å². The highest BCUT2D eigenvalue weighted by Gasteiger charge is 2.44. The van der Waals surface area contributed by atoms with Crippen molar-refractivity contribution < 1.29 is 38.1 Å². The summed E-state index contributed by atoms with van der Waals surface area (Å²) in [7, 11) is 0. The van der Waals surface area contributed by atoms with Crippen LogP contribution in [0.2, 0.25) is 0 Å². The summed E-state index contributed by atoms with van der Waals surface area (Å²) in [6, 6.07) is 10.5. The molecule has 0 spiro atoms. The van der Waals surface area contributed by atoms with E-state index in [4.69, 9.17) is 18.9 Å². The summed E-state index contributed by atoms with van der Waals surface area (Å²) in [6.45, 7) is 33.6. The van der Waals surface area contributed by atoms with E-state index in [-0.39, 0.29) is 91.0 Å². The smallest absolute Gasteiger partial charge is 0.339 e. The number of carbonyl (C=O) groups is 4. The minimum atomic E-state index is -0.564. The standard InChI is InChI=1S/C54H82N4O8/c1-47(2)25-35(26-48(3,4)55-47)63-43(59)39-21-19-33(23-41(39)45(61)65-37-29-51(9,10)57-52(11,12)30-37)17-18-34-20-22-40(44(60)64-36-27-49(5,6)56-50(7,8)28-36)42(24-34)46(62)66-38-31-53(13,14)58-54(15,16)32-38/h19-24,35-38,55-58H,17-18,25-32H2,1-16H3. The predicted molar refractivity (Wildman–Crippen MR) is 259 cm³/mol. The van der Waals surface area contributed by atoms with Crippen molar-refractivity contribution >= 4 is 23.9 Å². The van der Waals surface area contributed by atoms with Crippen molar-refractivity contribution in [2.75, 3.05) is 0 Å². The second-order valence-corrected chi connectivity index (χ2v) is 25.6. The molecule has 4 saturated heterocycles. The van der Waals surface area contributed by atoms with Crippen molar-refractivity contribution in [1.82, 2.24) is 21.3 Å².